The molecule has 0 saturated carbocycles. The van der Waals surface area contributed by atoms with Crippen LogP contribution in [0.15, 0.2) is 6.07 Å². The number of phenolic OH excluding ortho intramolecular Hbond substituents is 2. The Morgan fingerprint density at radius 1 is 1.25 bits per heavy atom. The van der Waals surface area contributed by atoms with Gasteiger partial charge in [0.05, 0.1) is 0 Å². The van der Waals surface area contributed by atoms with Crippen molar-refractivity contribution in [2.24, 2.45) is 0 Å². The van der Waals surface area contributed by atoms with Crippen molar-refractivity contribution in [3.05, 3.63) is 22.8 Å². The summed E-state index contributed by atoms with van der Waals surface area (Å²) in [5.41, 5.74) is 1.49. The number of rotatable bonds is 0. The van der Waals surface area contributed by atoms with Gasteiger partial charge in [-0.3, -0.25) is 0 Å². The number of phenols is 2. The van der Waals surface area contributed by atoms with Crippen molar-refractivity contribution >= 4 is 5.97 Å². The average Bonchev–Trinajstić information content (AvgIpc) is 2.20. The summed E-state index contributed by atoms with van der Waals surface area (Å²) in [5, 5.41) is 19.3. The first-order valence-electron chi connectivity index (χ1n) is 5.20. The summed E-state index contributed by atoms with van der Waals surface area (Å²) >= 11 is 0. The molecule has 0 bridgehead atoms. The van der Waals surface area contributed by atoms with E-state index in [2.05, 4.69) is 0 Å². The van der Waals surface area contributed by atoms with Gasteiger partial charge in [0.15, 0.2) is 0 Å². The first kappa shape index (κ1) is 10.8. The van der Waals surface area contributed by atoms with Gasteiger partial charge in [-0.1, -0.05) is 6.92 Å². The molecule has 0 saturated heterocycles. The van der Waals surface area contributed by atoms with Gasteiger partial charge in [0, 0.05) is 12.0 Å². The van der Waals surface area contributed by atoms with Crippen LogP contribution < -0.4 is 0 Å². The molecule has 86 valence electrons. The minimum atomic E-state index is -0.527. The van der Waals surface area contributed by atoms with Crippen molar-refractivity contribution in [2.75, 3.05) is 0 Å². The zero-order chi connectivity index (χ0) is 12.0. The van der Waals surface area contributed by atoms with Crippen LogP contribution in [0.5, 0.6) is 11.5 Å². The van der Waals surface area contributed by atoms with Gasteiger partial charge in [-0.05, 0) is 25.0 Å². The van der Waals surface area contributed by atoms with Crippen molar-refractivity contribution in [2.45, 2.75) is 32.8 Å². The second-order valence-corrected chi connectivity index (χ2v) is 4.23. The summed E-state index contributed by atoms with van der Waals surface area (Å²) in [6.45, 7) is 5.43. The molecule has 0 unspecified atom stereocenters. The Kier molecular flexibility index (Phi) is 2.30. The smallest absolute Gasteiger partial charge is 0.342 e. The molecule has 0 radical (unpaired) electrons. The molecule has 1 aromatic carbocycles. The normalized spacial score (nSPS) is 23.8. The van der Waals surface area contributed by atoms with E-state index in [1.807, 2.05) is 6.92 Å². The van der Waals surface area contributed by atoms with Crippen LogP contribution in [0.2, 0.25) is 0 Å². The van der Waals surface area contributed by atoms with E-state index in [0.29, 0.717) is 11.1 Å². The highest BCUT2D eigenvalue weighted by Crippen LogP contribution is 2.41. The Balaban J connectivity index is 2.76. The maximum absolute atomic E-state index is 11.7. The van der Waals surface area contributed by atoms with Crippen LogP contribution in [0.3, 0.4) is 0 Å². The monoisotopic (exact) mass is 222 g/mol. The fraction of sp³-hybridized carbons (Fsp3) is 0.417. The number of hydrogen-bond donors (Lipinski definition) is 2. The number of fused-ring (bicyclic) bond motifs is 1. The third kappa shape index (κ3) is 1.33. The number of hydrogen-bond acceptors (Lipinski definition) is 4. The lowest BCUT2D eigenvalue weighted by Gasteiger charge is -2.30. The first-order valence-corrected chi connectivity index (χ1v) is 5.20. The first-order chi connectivity index (χ1) is 7.43. The lowest BCUT2D eigenvalue weighted by molar-refractivity contribution is 0.0235. The number of benzene rings is 1. The van der Waals surface area contributed by atoms with Crippen LogP contribution in [0.25, 0.3) is 0 Å². The SMILES string of the molecule is Cc1c(O)cc(O)c2c1[C@H](C)[C@@H](C)OC2=O. The standard InChI is InChI=1S/C12H14O4/c1-5-7(3)16-12(15)11-9(14)4-8(13)6(2)10(5)11/h4-5,7,13-14H,1-3H3/t5-,7-/m1/s1. The molecule has 1 aliphatic heterocycles. The number of esters is 1. The van der Waals surface area contributed by atoms with E-state index in [9.17, 15) is 15.0 Å². The maximum atomic E-state index is 11.7. The molecule has 0 fully saturated rings. The van der Waals surface area contributed by atoms with Gasteiger partial charge in [-0.15, -0.1) is 0 Å². The second-order valence-electron chi connectivity index (χ2n) is 4.23. The Bertz CT molecular complexity index is 465. The number of ether oxygens (including phenoxy) is 1. The highest BCUT2D eigenvalue weighted by atomic mass is 16.5. The summed E-state index contributed by atoms with van der Waals surface area (Å²) in [5.74, 6) is -0.779. The summed E-state index contributed by atoms with van der Waals surface area (Å²) in [6, 6.07) is 1.18. The molecular weight excluding hydrogens is 208 g/mol. The van der Waals surface area contributed by atoms with Crippen LogP contribution in [0, 0.1) is 6.92 Å². The van der Waals surface area contributed by atoms with Gasteiger partial charge >= 0.3 is 5.97 Å². The number of aromatic hydroxyl groups is 2. The molecule has 2 atom stereocenters. The Morgan fingerprint density at radius 2 is 1.88 bits per heavy atom. The van der Waals surface area contributed by atoms with E-state index >= 15 is 0 Å². The van der Waals surface area contributed by atoms with E-state index in [4.69, 9.17) is 4.74 Å². The molecule has 1 aliphatic rings. The quantitative estimate of drug-likeness (QED) is 0.659. The van der Waals surface area contributed by atoms with E-state index in [1.165, 1.54) is 6.07 Å². The third-order valence-electron chi connectivity index (χ3n) is 3.24. The number of carbonyl (C=O) groups is 1. The second kappa shape index (κ2) is 3.40. The molecule has 4 nitrogen and oxygen atoms in total. The fourth-order valence-corrected chi connectivity index (χ4v) is 2.12. The molecule has 0 spiro atoms. The van der Waals surface area contributed by atoms with Gasteiger partial charge in [0.2, 0.25) is 0 Å². The van der Waals surface area contributed by atoms with Crippen molar-refractivity contribution in [3.8, 4) is 11.5 Å². The maximum Gasteiger partial charge on any atom is 0.342 e. The Morgan fingerprint density at radius 3 is 2.50 bits per heavy atom. The summed E-state index contributed by atoms with van der Waals surface area (Å²) in [6.07, 6.45) is -0.250. The van der Waals surface area contributed by atoms with Crippen LogP contribution in [0.1, 0.15) is 41.3 Å². The predicted octanol–water partition coefficient (Wildman–Crippen LogP) is 2.07. The van der Waals surface area contributed by atoms with Crippen LogP contribution in [-0.2, 0) is 4.74 Å². The lowest BCUT2D eigenvalue weighted by atomic mass is 9.85. The molecule has 1 aromatic rings. The molecule has 4 heteroatoms. The molecule has 0 aromatic heterocycles. The number of cyclic esters (lactones) is 1. The zero-order valence-corrected chi connectivity index (χ0v) is 9.44. The molecular formula is C12H14O4. The topological polar surface area (TPSA) is 66.8 Å². The van der Waals surface area contributed by atoms with Crippen molar-refractivity contribution in [3.63, 3.8) is 0 Å². The average molecular weight is 222 g/mol. The van der Waals surface area contributed by atoms with E-state index in [1.54, 1.807) is 13.8 Å². The van der Waals surface area contributed by atoms with E-state index in [-0.39, 0.29) is 29.1 Å². The summed E-state index contributed by atoms with van der Waals surface area (Å²) in [7, 11) is 0. The van der Waals surface area contributed by atoms with E-state index < -0.39 is 5.97 Å². The van der Waals surface area contributed by atoms with Gasteiger partial charge in [0.1, 0.15) is 23.2 Å². The third-order valence-corrected chi connectivity index (χ3v) is 3.24. The Labute approximate surface area is 93.5 Å². The molecule has 16 heavy (non-hydrogen) atoms. The molecule has 2 rings (SSSR count). The van der Waals surface area contributed by atoms with Crippen LogP contribution >= 0.6 is 0 Å². The fourth-order valence-electron chi connectivity index (χ4n) is 2.12. The van der Waals surface area contributed by atoms with Crippen molar-refractivity contribution in [1.82, 2.24) is 0 Å². The predicted molar refractivity (Wildman–Crippen MR) is 57.8 cm³/mol. The van der Waals surface area contributed by atoms with Gasteiger partial charge in [0.25, 0.3) is 0 Å². The number of carbonyl (C=O) groups excluding carboxylic acids is 1. The van der Waals surface area contributed by atoms with Crippen LogP contribution in [-0.4, -0.2) is 22.3 Å². The lowest BCUT2D eigenvalue weighted by Crippen LogP contribution is -2.29. The molecule has 0 amide bonds. The van der Waals surface area contributed by atoms with Crippen molar-refractivity contribution in [1.29, 1.82) is 0 Å². The highest BCUT2D eigenvalue weighted by molar-refractivity contribution is 5.96. The van der Waals surface area contributed by atoms with E-state index in [0.717, 1.165) is 0 Å². The van der Waals surface area contributed by atoms with Gasteiger partial charge < -0.3 is 14.9 Å². The van der Waals surface area contributed by atoms with Gasteiger partial charge in [-0.25, -0.2) is 4.79 Å². The summed E-state index contributed by atoms with van der Waals surface area (Å²) < 4.78 is 5.12. The minimum absolute atomic E-state index is 0.00463. The molecule has 0 aliphatic carbocycles. The largest absolute Gasteiger partial charge is 0.508 e. The van der Waals surface area contributed by atoms with Gasteiger partial charge in [-0.2, -0.15) is 0 Å². The minimum Gasteiger partial charge on any atom is -0.508 e. The molecule has 1 heterocycles. The Hall–Kier alpha value is -1.71. The zero-order valence-electron chi connectivity index (χ0n) is 9.44. The van der Waals surface area contributed by atoms with Crippen LogP contribution in [0.4, 0.5) is 0 Å². The summed E-state index contributed by atoms with van der Waals surface area (Å²) in [4.78, 5) is 11.7. The highest BCUT2D eigenvalue weighted by Gasteiger charge is 2.34. The van der Waals surface area contributed by atoms with Crippen molar-refractivity contribution < 1.29 is 19.7 Å². The molecule has 2 N–H and O–H groups in total.